The van der Waals surface area contributed by atoms with Gasteiger partial charge in [-0.3, -0.25) is 0 Å². The smallest absolute Gasteiger partial charge is 0.335 e. The van der Waals surface area contributed by atoms with Crippen LogP contribution in [0.25, 0.3) is 21.5 Å². The van der Waals surface area contributed by atoms with Gasteiger partial charge in [0.2, 0.25) is 0 Å². The topological polar surface area (TPSA) is 35.5 Å². The van der Waals surface area contributed by atoms with Crippen molar-refractivity contribution < 1.29 is 14.3 Å². The van der Waals surface area contributed by atoms with Crippen molar-refractivity contribution in [3.63, 3.8) is 0 Å². The van der Waals surface area contributed by atoms with Gasteiger partial charge in [0.05, 0.1) is 0 Å². The van der Waals surface area contributed by atoms with Crippen molar-refractivity contribution >= 4 is 27.5 Å². The number of benzene rings is 3. The summed E-state index contributed by atoms with van der Waals surface area (Å²) in [5, 5.41) is 4.31. The van der Waals surface area contributed by atoms with Crippen LogP contribution in [-0.2, 0) is 4.79 Å². The molecular weight excluding hydrogens is 288 g/mol. The van der Waals surface area contributed by atoms with Crippen LogP contribution in [0.15, 0.2) is 73.8 Å². The molecule has 0 heterocycles. The third kappa shape index (κ3) is 3.09. The van der Waals surface area contributed by atoms with Crippen LogP contribution >= 0.6 is 0 Å². The first-order valence-electron chi connectivity index (χ1n) is 7.26. The summed E-state index contributed by atoms with van der Waals surface area (Å²) in [4.78, 5) is 11.3. The molecule has 3 aromatic carbocycles. The van der Waals surface area contributed by atoms with Crippen LogP contribution in [0.5, 0.6) is 11.5 Å². The lowest BCUT2D eigenvalue weighted by atomic mass is 10.0. The minimum Gasteiger partial charge on any atom is -0.490 e. The summed E-state index contributed by atoms with van der Waals surface area (Å²) < 4.78 is 10.7. The van der Waals surface area contributed by atoms with E-state index in [0.29, 0.717) is 12.4 Å². The van der Waals surface area contributed by atoms with Crippen molar-refractivity contribution in [3.8, 4) is 11.5 Å². The number of esters is 1. The van der Waals surface area contributed by atoms with E-state index in [9.17, 15) is 4.79 Å². The summed E-state index contributed by atoms with van der Waals surface area (Å²) in [5.74, 6) is 0.857. The largest absolute Gasteiger partial charge is 0.490 e. The first-order valence-corrected chi connectivity index (χ1v) is 7.26. The fourth-order valence-corrected chi connectivity index (χ4v) is 2.49. The lowest BCUT2D eigenvalue weighted by Crippen LogP contribution is -2.02. The average molecular weight is 304 g/mol. The second kappa shape index (κ2) is 6.36. The molecule has 0 amide bonds. The maximum Gasteiger partial charge on any atom is 0.335 e. The van der Waals surface area contributed by atoms with Gasteiger partial charge in [-0.15, -0.1) is 0 Å². The van der Waals surface area contributed by atoms with Gasteiger partial charge in [0, 0.05) is 6.08 Å². The highest BCUT2D eigenvalue weighted by molar-refractivity contribution is 6.08. The molecule has 0 N–H and O–H groups in total. The minimum atomic E-state index is -0.464. The molecule has 0 fully saturated rings. The molecule has 0 bridgehead atoms. The van der Waals surface area contributed by atoms with Crippen molar-refractivity contribution in [2.24, 2.45) is 0 Å². The van der Waals surface area contributed by atoms with Gasteiger partial charge in [-0.2, -0.15) is 0 Å². The SMILES string of the molecule is C=CCOc1ccc2c(ccc3cc(OC(=O)C=C)ccc32)c1. The van der Waals surface area contributed by atoms with Crippen LogP contribution in [0.2, 0.25) is 0 Å². The molecule has 0 saturated heterocycles. The molecule has 3 heteroatoms. The molecule has 0 spiro atoms. The maximum absolute atomic E-state index is 11.3. The van der Waals surface area contributed by atoms with E-state index in [4.69, 9.17) is 9.47 Å². The summed E-state index contributed by atoms with van der Waals surface area (Å²) in [6, 6.07) is 15.6. The molecule has 0 aliphatic heterocycles. The van der Waals surface area contributed by atoms with Crippen LogP contribution in [0.1, 0.15) is 0 Å². The second-order valence-corrected chi connectivity index (χ2v) is 5.06. The van der Waals surface area contributed by atoms with Crippen LogP contribution in [0.3, 0.4) is 0 Å². The van der Waals surface area contributed by atoms with Gasteiger partial charge in [0.1, 0.15) is 18.1 Å². The predicted octanol–water partition coefficient (Wildman–Crippen LogP) is 4.65. The number of hydrogen-bond acceptors (Lipinski definition) is 3. The van der Waals surface area contributed by atoms with E-state index in [1.165, 1.54) is 0 Å². The van der Waals surface area contributed by atoms with Crippen molar-refractivity contribution in [3.05, 3.63) is 73.8 Å². The Hall–Kier alpha value is -3.07. The van der Waals surface area contributed by atoms with E-state index in [2.05, 4.69) is 13.2 Å². The molecule has 114 valence electrons. The highest BCUT2D eigenvalue weighted by atomic mass is 16.5. The average Bonchev–Trinajstić information content (AvgIpc) is 2.59. The Labute approximate surface area is 134 Å². The lowest BCUT2D eigenvalue weighted by molar-refractivity contribution is -0.128. The Morgan fingerprint density at radius 2 is 1.52 bits per heavy atom. The lowest BCUT2D eigenvalue weighted by Gasteiger charge is -2.09. The molecule has 0 unspecified atom stereocenters. The third-order valence-corrected chi connectivity index (χ3v) is 3.53. The third-order valence-electron chi connectivity index (χ3n) is 3.53. The Kier molecular flexibility index (Phi) is 4.11. The molecule has 0 atom stereocenters. The van der Waals surface area contributed by atoms with Gasteiger partial charge in [-0.1, -0.05) is 43.5 Å². The predicted molar refractivity (Wildman–Crippen MR) is 93.0 cm³/mol. The zero-order valence-corrected chi connectivity index (χ0v) is 12.6. The normalized spacial score (nSPS) is 10.4. The molecule has 23 heavy (non-hydrogen) atoms. The van der Waals surface area contributed by atoms with Gasteiger partial charge >= 0.3 is 5.97 Å². The van der Waals surface area contributed by atoms with Crippen molar-refractivity contribution in [1.29, 1.82) is 0 Å². The number of hydrogen-bond donors (Lipinski definition) is 0. The van der Waals surface area contributed by atoms with Crippen molar-refractivity contribution in [2.45, 2.75) is 0 Å². The number of rotatable bonds is 5. The Bertz CT molecular complexity index is 909. The van der Waals surface area contributed by atoms with Crippen molar-refractivity contribution in [2.75, 3.05) is 6.61 Å². The second-order valence-electron chi connectivity index (χ2n) is 5.06. The van der Waals surface area contributed by atoms with Gasteiger partial charge in [-0.25, -0.2) is 4.79 Å². The van der Waals surface area contributed by atoms with Gasteiger partial charge < -0.3 is 9.47 Å². The highest BCUT2D eigenvalue weighted by Gasteiger charge is 2.05. The number of fused-ring (bicyclic) bond motifs is 3. The molecule has 3 rings (SSSR count). The number of carbonyl (C=O) groups excluding carboxylic acids is 1. The molecule has 0 aliphatic carbocycles. The van der Waals surface area contributed by atoms with E-state index >= 15 is 0 Å². The van der Waals surface area contributed by atoms with Crippen LogP contribution in [0, 0.1) is 0 Å². The molecule has 3 nitrogen and oxygen atoms in total. The van der Waals surface area contributed by atoms with Crippen LogP contribution < -0.4 is 9.47 Å². The van der Waals surface area contributed by atoms with E-state index in [0.717, 1.165) is 33.4 Å². The molecule has 0 radical (unpaired) electrons. The first kappa shape index (κ1) is 14.9. The fraction of sp³-hybridized carbons (Fsp3) is 0.0500. The van der Waals surface area contributed by atoms with Crippen LogP contribution in [0.4, 0.5) is 0 Å². The molecular formula is C20H16O3. The molecule has 0 saturated carbocycles. The highest BCUT2D eigenvalue weighted by Crippen LogP contribution is 2.30. The molecule has 0 aliphatic rings. The Morgan fingerprint density at radius 1 is 0.913 bits per heavy atom. The zero-order valence-electron chi connectivity index (χ0n) is 12.6. The summed E-state index contributed by atoms with van der Waals surface area (Å²) in [7, 11) is 0. The molecule has 3 aromatic rings. The molecule has 0 aromatic heterocycles. The first-order chi connectivity index (χ1) is 11.2. The summed E-state index contributed by atoms with van der Waals surface area (Å²) in [6.45, 7) is 7.53. The van der Waals surface area contributed by atoms with E-state index in [1.807, 2.05) is 42.5 Å². The summed E-state index contributed by atoms with van der Waals surface area (Å²) in [6.07, 6.45) is 2.87. The Balaban J connectivity index is 2.03. The van der Waals surface area contributed by atoms with Crippen molar-refractivity contribution in [1.82, 2.24) is 0 Å². The van der Waals surface area contributed by atoms with Gasteiger partial charge in [0.15, 0.2) is 0 Å². The standard InChI is InChI=1S/C20H16O3/c1-3-11-22-16-7-9-18-14(12-16)5-6-15-13-17(8-10-19(15)18)23-20(21)4-2/h3-10,12-13H,1-2,11H2. The van der Waals surface area contributed by atoms with Gasteiger partial charge in [-0.05, 0) is 45.8 Å². The maximum atomic E-state index is 11.3. The summed E-state index contributed by atoms with van der Waals surface area (Å²) >= 11 is 0. The zero-order chi connectivity index (χ0) is 16.2. The number of ether oxygens (including phenoxy) is 2. The Morgan fingerprint density at radius 3 is 2.13 bits per heavy atom. The minimum absolute atomic E-state index is 0.464. The van der Waals surface area contributed by atoms with E-state index in [-0.39, 0.29) is 0 Å². The van der Waals surface area contributed by atoms with E-state index in [1.54, 1.807) is 12.1 Å². The van der Waals surface area contributed by atoms with Crippen LogP contribution in [-0.4, -0.2) is 12.6 Å². The van der Waals surface area contributed by atoms with Gasteiger partial charge in [0.25, 0.3) is 0 Å². The van der Waals surface area contributed by atoms with E-state index < -0.39 is 5.97 Å². The summed E-state index contributed by atoms with van der Waals surface area (Å²) in [5.41, 5.74) is 0. The quantitative estimate of drug-likeness (QED) is 0.226. The monoisotopic (exact) mass is 304 g/mol. The fourth-order valence-electron chi connectivity index (χ4n) is 2.49. The number of carbonyl (C=O) groups is 1.